The van der Waals surface area contributed by atoms with Crippen LogP contribution in [0.5, 0.6) is 0 Å². The Morgan fingerprint density at radius 2 is 2.19 bits per heavy atom. The van der Waals surface area contributed by atoms with E-state index in [1.807, 2.05) is 13.8 Å². The van der Waals surface area contributed by atoms with E-state index < -0.39 is 9.84 Å². The van der Waals surface area contributed by atoms with Crippen LogP contribution in [0, 0.1) is 5.92 Å². The summed E-state index contributed by atoms with van der Waals surface area (Å²) in [6.45, 7) is 5.04. The lowest BCUT2D eigenvalue weighted by atomic mass is 10.1. The van der Waals surface area contributed by atoms with Crippen molar-refractivity contribution < 1.29 is 17.6 Å². The van der Waals surface area contributed by atoms with Crippen LogP contribution in [-0.2, 0) is 27.6 Å². The molecule has 0 saturated carbocycles. The summed E-state index contributed by atoms with van der Waals surface area (Å²) in [5.41, 5.74) is 0.819. The van der Waals surface area contributed by atoms with E-state index in [0.29, 0.717) is 31.8 Å². The van der Waals surface area contributed by atoms with Crippen molar-refractivity contribution in [3.63, 3.8) is 0 Å². The highest BCUT2D eigenvalue weighted by Gasteiger charge is 2.37. The largest absolute Gasteiger partial charge is 0.445 e. The van der Waals surface area contributed by atoms with Gasteiger partial charge in [-0.3, -0.25) is 4.79 Å². The fourth-order valence-electron chi connectivity index (χ4n) is 2.90. The third-order valence-electron chi connectivity index (χ3n) is 4.13. The molecule has 3 rings (SSSR count). The van der Waals surface area contributed by atoms with Gasteiger partial charge in [0.2, 0.25) is 5.91 Å². The summed E-state index contributed by atoms with van der Waals surface area (Å²) >= 11 is 0. The van der Waals surface area contributed by atoms with E-state index in [-0.39, 0.29) is 29.2 Å². The summed E-state index contributed by atoms with van der Waals surface area (Å²) in [6, 6.07) is 0. The van der Waals surface area contributed by atoms with E-state index >= 15 is 0 Å². The zero-order chi connectivity index (χ0) is 15.2. The lowest BCUT2D eigenvalue weighted by Crippen LogP contribution is -2.40. The first-order valence-corrected chi connectivity index (χ1v) is 9.15. The third-order valence-corrected chi connectivity index (χ3v) is 5.90. The van der Waals surface area contributed by atoms with Crippen molar-refractivity contribution in [2.75, 3.05) is 18.1 Å². The maximum absolute atomic E-state index is 12.4. The van der Waals surface area contributed by atoms with Gasteiger partial charge in [0.1, 0.15) is 11.5 Å². The minimum atomic E-state index is -3.03. The SMILES string of the molecule is CC(C)c1nc2c(o1)CCN(C(=O)C1CCS(=O)(=O)C1)C2. The van der Waals surface area contributed by atoms with Gasteiger partial charge < -0.3 is 9.32 Å². The molecule has 21 heavy (non-hydrogen) atoms. The molecule has 0 spiro atoms. The highest BCUT2D eigenvalue weighted by Crippen LogP contribution is 2.27. The molecule has 1 amide bonds. The van der Waals surface area contributed by atoms with Crippen molar-refractivity contribution in [2.24, 2.45) is 5.92 Å². The molecule has 1 atom stereocenters. The average molecular weight is 312 g/mol. The predicted octanol–water partition coefficient (Wildman–Crippen LogP) is 1.12. The normalized spacial score (nSPS) is 24.3. The Balaban J connectivity index is 1.72. The molecule has 0 radical (unpaired) electrons. The van der Waals surface area contributed by atoms with E-state index in [0.717, 1.165) is 11.5 Å². The van der Waals surface area contributed by atoms with Gasteiger partial charge in [-0.2, -0.15) is 0 Å². The van der Waals surface area contributed by atoms with Gasteiger partial charge in [-0.05, 0) is 6.42 Å². The van der Waals surface area contributed by atoms with Crippen LogP contribution in [0.1, 0.15) is 43.5 Å². The Morgan fingerprint density at radius 3 is 2.81 bits per heavy atom. The van der Waals surface area contributed by atoms with Crippen LogP contribution in [0.25, 0.3) is 0 Å². The molecule has 0 bridgehead atoms. The molecule has 1 unspecified atom stereocenters. The summed E-state index contributed by atoms with van der Waals surface area (Å²) in [5.74, 6) is 1.47. The van der Waals surface area contributed by atoms with Gasteiger partial charge in [-0.15, -0.1) is 0 Å². The molecular weight excluding hydrogens is 292 g/mol. The first kappa shape index (κ1) is 14.6. The highest BCUT2D eigenvalue weighted by atomic mass is 32.2. The number of carbonyl (C=O) groups is 1. The molecule has 116 valence electrons. The smallest absolute Gasteiger partial charge is 0.227 e. The van der Waals surface area contributed by atoms with Crippen LogP contribution in [-0.4, -0.2) is 42.3 Å². The number of amides is 1. The van der Waals surface area contributed by atoms with E-state index in [2.05, 4.69) is 4.98 Å². The lowest BCUT2D eigenvalue weighted by molar-refractivity contribution is -0.135. The number of fused-ring (bicyclic) bond motifs is 1. The number of carbonyl (C=O) groups excluding carboxylic acids is 1. The standard InChI is InChI=1S/C14H20N2O4S/c1-9(2)13-15-11-7-16(5-3-12(11)20-13)14(17)10-4-6-21(18,19)8-10/h9-10H,3-8H2,1-2H3. The minimum Gasteiger partial charge on any atom is -0.445 e. The molecular formula is C14H20N2O4S. The summed E-state index contributed by atoms with van der Waals surface area (Å²) < 4.78 is 28.7. The van der Waals surface area contributed by atoms with Crippen molar-refractivity contribution in [1.82, 2.24) is 9.88 Å². The fraction of sp³-hybridized carbons (Fsp3) is 0.714. The average Bonchev–Trinajstić information content (AvgIpc) is 3.00. The zero-order valence-corrected chi connectivity index (χ0v) is 13.1. The first-order chi connectivity index (χ1) is 9.85. The second kappa shape index (κ2) is 5.12. The first-order valence-electron chi connectivity index (χ1n) is 7.33. The van der Waals surface area contributed by atoms with Gasteiger partial charge in [0.15, 0.2) is 15.7 Å². The van der Waals surface area contributed by atoms with Crippen molar-refractivity contribution >= 4 is 15.7 Å². The van der Waals surface area contributed by atoms with E-state index in [9.17, 15) is 13.2 Å². The number of hydrogen-bond donors (Lipinski definition) is 0. The van der Waals surface area contributed by atoms with Gasteiger partial charge in [-0.1, -0.05) is 13.8 Å². The number of sulfone groups is 1. The van der Waals surface area contributed by atoms with Crippen molar-refractivity contribution in [3.05, 3.63) is 17.3 Å². The molecule has 1 saturated heterocycles. The second-order valence-corrected chi connectivity index (χ2v) is 8.42. The Morgan fingerprint density at radius 1 is 1.43 bits per heavy atom. The summed E-state index contributed by atoms with van der Waals surface area (Å²) in [7, 11) is -3.03. The summed E-state index contributed by atoms with van der Waals surface area (Å²) in [4.78, 5) is 18.6. The van der Waals surface area contributed by atoms with Crippen molar-refractivity contribution in [1.29, 1.82) is 0 Å². The van der Waals surface area contributed by atoms with Crippen LogP contribution in [0.2, 0.25) is 0 Å². The van der Waals surface area contributed by atoms with Gasteiger partial charge in [0, 0.05) is 18.9 Å². The highest BCUT2D eigenvalue weighted by molar-refractivity contribution is 7.91. The number of rotatable bonds is 2. The maximum atomic E-state index is 12.4. The van der Waals surface area contributed by atoms with Crippen LogP contribution in [0.3, 0.4) is 0 Å². The third kappa shape index (κ3) is 2.84. The second-order valence-electron chi connectivity index (χ2n) is 6.19. The Bertz CT molecular complexity index is 663. The van der Waals surface area contributed by atoms with Crippen molar-refractivity contribution in [3.8, 4) is 0 Å². The molecule has 0 aliphatic carbocycles. The van der Waals surface area contributed by atoms with Crippen LogP contribution in [0.4, 0.5) is 0 Å². The number of aromatic nitrogens is 1. The van der Waals surface area contributed by atoms with E-state index in [1.165, 1.54) is 0 Å². The molecule has 7 heteroatoms. The lowest BCUT2D eigenvalue weighted by Gasteiger charge is -2.27. The number of hydrogen-bond acceptors (Lipinski definition) is 5. The molecule has 2 aliphatic rings. The van der Waals surface area contributed by atoms with Crippen molar-refractivity contribution in [2.45, 2.75) is 39.2 Å². The Hall–Kier alpha value is -1.37. The van der Waals surface area contributed by atoms with E-state index in [4.69, 9.17) is 4.42 Å². The van der Waals surface area contributed by atoms with Crippen LogP contribution >= 0.6 is 0 Å². The van der Waals surface area contributed by atoms with Gasteiger partial charge in [0.25, 0.3) is 0 Å². The number of oxazole rings is 1. The summed E-state index contributed by atoms with van der Waals surface area (Å²) in [5, 5.41) is 0. The van der Waals surface area contributed by atoms with Crippen LogP contribution < -0.4 is 0 Å². The quantitative estimate of drug-likeness (QED) is 0.817. The molecule has 2 aliphatic heterocycles. The van der Waals surface area contributed by atoms with E-state index in [1.54, 1.807) is 4.90 Å². The van der Waals surface area contributed by atoms with Gasteiger partial charge in [0.05, 0.1) is 24.0 Å². The molecule has 6 nitrogen and oxygen atoms in total. The Labute approximate surface area is 124 Å². The van der Waals surface area contributed by atoms with Crippen LogP contribution in [0.15, 0.2) is 4.42 Å². The monoisotopic (exact) mass is 312 g/mol. The number of nitrogens with zero attached hydrogens (tertiary/aromatic N) is 2. The summed E-state index contributed by atoms with van der Waals surface area (Å²) in [6.07, 6.45) is 1.10. The zero-order valence-electron chi connectivity index (χ0n) is 12.3. The maximum Gasteiger partial charge on any atom is 0.227 e. The minimum absolute atomic E-state index is 0.00868. The fourth-order valence-corrected chi connectivity index (χ4v) is 4.63. The van der Waals surface area contributed by atoms with Gasteiger partial charge >= 0.3 is 0 Å². The van der Waals surface area contributed by atoms with Gasteiger partial charge in [-0.25, -0.2) is 13.4 Å². The topological polar surface area (TPSA) is 80.5 Å². The Kier molecular flexibility index (Phi) is 3.55. The molecule has 1 fully saturated rings. The molecule has 3 heterocycles. The molecule has 1 aromatic rings. The molecule has 1 aromatic heterocycles. The predicted molar refractivity (Wildman–Crippen MR) is 76.5 cm³/mol. The molecule has 0 aromatic carbocycles. The molecule has 0 N–H and O–H groups in total.